The highest BCUT2D eigenvalue weighted by Crippen LogP contribution is 2.44. The van der Waals surface area contributed by atoms with Gasteiger partial charge in [0.25, 0.3) is 0 Å². The molecule has 0 unspecified atom stereocenters. The Morgan fingerprint density at radius 2 is 1.74 bits per heavy atom. The molecule has 5 nitrogen and oxygen atoms in total. The van der Waals surface area contributed by atoms with E-state index in [1.165, 1.54) is 12.8 Å². The number of hydrogen-bond donors (Lipinski definition) is 1. The molecule has 3 heterocycles. The number of aromatic nitrogens is 2. The summed E-state index contributed by atoms with van der Waals surface area (Å²) < 4.78 is 8.41. The van der Waals surface area contributed by atoms with E-state index in [0.717, 1.165) is 52.6 Å². The highest BCUT2D eigenvalue weighted by molar-refractivity contribution is 7.80. The van der Waals surface area contributed by atoms with Crippen LogP contribution in [0.3, 0.4) is 0 Å². The molecule has 1 saturated heterocycles. The van der Waals surface area contributed by atoms with Gasteiger partial charge >= 0.3 is 0 Å². The van der Waals surface area contributed by atoms with E-state index >= 15 is 0 Å². The second kappa shape index (κ2) is 10.8. The third-order valence-corrected chi connectivity index (χ3v) is 8.61. The molecular weight excluding hydrogens is 547 g/mol. The summed E-state index contributed by atoms with van der Waals surface area (Å²) in [6, 6.07) is 21.9. The topological polar surface area (TPSA) is 42.3 Å². The van der Waals surface area contributed by atoms with Gasteiger partial charge in [0.15, 0.2) is 5.11 Å². The van der Waals surface area contributed by atoms with Crippen molar-refractivity contribution < 1.29 is 4.74 Å². The fraction of sp³-hybridized carbons (Fsp3) is 0.290. The Morgan fingerprint density at radius 1 is 0.974 bits per heavy atom. The Kier molecular flexibility index (Phi) is 7.27. The van der Waals surface area contributed by atoms with E-state index in [0.29, 0.717) is 21.3 Å². The summed E-state index contributed by atoms with van der Waals surface area (Å²) in [5.41, 5.74) is 6.13. The van der Waals surface area contributed by atoms with Crippen LogP contribution in [0.1, 0.15) is 60.4 Å². The second-order valence-corrected chi connectivity index (χ2v) is 11.5. The Labute approximate surface area is 244 Å². The second-order valence-electron chi connectivity index (χ2n) is 10.3. The van der Waals surface area contributed by atoms with Crippen LogP contribution in [0.25, 0.3) is 5.69 Å². The van der Waals surface area contributed by atoms with Crippen molar-refractivity contribution in [1.82, 2.24) is 14.9 Å². The molecule has 2 aromatic carbocycles. The van der Waals surface area contributed by atoms with Crippen LogP contribution in [0.5, 0.6) is 5.75 Å². The number of halogens is 2. The molecule has 200 valence electrons. The molecule has 1 N–H and O–H groups in total. The Morgan fingerprint density at radius 3 is 2.44 bits per heavy atom. The van der Waals surface area contributed by atoms with Crippen molar-refractivity contribution in [2.75, 3.05) is 4.90 Å². The molecule has 0 amide bonds. The average molecular weight is 578 g/mol. The van der Waals surface area contributed by atoms with Crippen molar-refractivity contribution in [2.24, 2.45) is 0 Å². The maximum absolute atomic E-state index is 6.65. The molecule has 1 saturated carbocycles. The van der Waals surface area contributed by atoms with Crippen molar-refractivity contribution in [3.63, 3.8) is 0 Å². The number of thiocarbonyl (C=S) groups is 1. The summed E-state index contributed by atoms with van der Waals surface area (Å²) >= 11 is 18.8. The molecule has 8 heteroatoms. The van der Waals surface area contributed by atoms with E-state index in [-0.39, 0.29) is 12.1 Å². The van der Waals surface area contributed by atoms with Gasteiger partial charge in [0.2, 0.25) is 0 Å². The van der Waals surface area contributed by atoms with E-state index in [2.05, 4.69) is 59.0 Å². The summed E-state index contributed by atoms with van der Waals surface area (Å²) in [6.07, 6.45) is 6.88. The largest absolute Gasteiger partial charge is 0.490 e. The molecule has 6 rings (SSSR count). The van der Waals surface area contributed by atoms with Crippen molar-refractivity contribution in [3.8, 4) is 11.4 Å². The van der Waals surface area contributed by atoms with Crippen LogP contribution in [-0.2, 0) is 0 Å². The smallest absolute Gasteiger partial charge is 0.174 e. The van der Waals surface area contributed by atoms with Crippen LogP contribution in [0.4, 0.5) is 5.69 Å². The predicted octanol–water partition coefficient (Wildman–Crippen LogP) is 8.29. The Balaban J connectivity index is 1.42. The van der Waals surface area contributed by atoms with Gasteiger partial charge in [-0.3, -0.25) is 4.98 Å². The van der Waals surface area contributed by atoms with Crippen molar-refractivity contribution in [2.45, 2.75) is 57.7 Å². The van der Waals surface area contributed by atoms with Crippen LogP contribution in [0, 0.1) is 13.8 Å². The fourth-order valence-corrected chi connectivity index (χ4v) is 6.79. The van der Waals surface area contributed by atoms with Crippen molar-refractivity contribution in [1.29, 1.82) is 0 Å². The minimum Gasteiger partial charge on any atom is -0.490 e. The van der Waals surface area contributed by atoms with Crippen LogP contribution in [-0.4, -0.2) is 20.8 Å². The number of aryl methyl sites for hydroxylation is 1. The number of benzene rings is 2. The van der Waals surface area contributed by atoms with Gasteiger partial charge in [-0.1, -0.05) is 29.3 Å². The normalized spacial score (nSPS) is 19.5. The molecule has 2 aliphatic rings. The predicted molar refractivity (Wildman–Crippen MR) is 163 cm³/mol. The Bertz CT molecular complexity index is 1500. The minimum absolute atomic E-state index is 0.125. The SMILES string of the molecule is Cc1cc([C@@H]2[C@H](c3ccccn3)NC(=S)N2c2ccc(OC3CCCC3)cc2)c(C)n1-c1ccc(Cl)cc1Cl. The van der Waals surface area contributed by atoms with Crippen LogP contribution in [0.15, 0.2) is 72.9 Å². The lowest BCUT2D eigenvalue weighted by Crippen LogP contribution is -2.29. The summed E-state index contributed by atoms with van der Waals surface area (Å²) in [6.45, 7) is 4.22. The summed E-state index contributed by atoms with van der Waals surface area (Å²) in [4.78, 5) is 6.90. The Hall–Kier alpha value is -3.06. The lowest BCUT2D eigenvalue weighted by atomic mass is 9.96. The number of hydrogen-bond acceptors (Lipinski definition) is 3. The van der Waals surface area contributed by atoms with E-state index < -0.39 is 0 Å². The quantitative estimate of drug-likeness (QED) is 0.234. The van der Waals surface area contributed by atoms with E-state index in [9.17, 15) is 0 Å². The van der Waals surface area contributed by atoms with Gasteiger partial charge < -0.3 is 19.5 Å². The van der Waals surface area contributed by atoms with Crippen molar-refractivity contribution >= 4 is 46.2 Å². The number of nitrogens with one attached hydrogen (secondary N) is 1. The number of pyridine rings is 1. The van der Waals surface area contributed by atoms with Gasteiger partial charge in [-0.05, 0) is 118 Å². The molecule has 0 radical (unpaired) electrons. The molecule has 2 aromatic heterocycles. The first kappa shape index (κ1) is 26.2. The molecule has 39 heavy (non-hydrogen) atoms. The maximum atomic E-state index is 6.65. The number of ether oxygens (including phenoxy) is 1. The number of nitrogens with zero attached hydrogens (tertiary/aromatic N) is 3. The molecule has 1 aliphatic heterocycles. The zero-order valence-corrected chi connectivity index (χ0v) is 24.2. The standard InChI is InChI=1S/C31H30Cl2N4OS/c1-19-17-25(20(2)36(19)28-15-10-21(32)18-26(28)33)30-29(27-9-5-6-16-34-27)35-31(39)37(30)22-11-13-24(14-12-22)38-23-7-3-4-8-23/h5-6,9-18,23,29-30H,3-4,7-8H2,1-2H3,(H,35,39)/t29-,30+/m0/s1. The third kappa shape index (κ3) is 5.02. The van der Waals surface area contributed by atoms with E-state index in [1.54, 1.807) is 6.07 Å². The molecule has 0 spiro atoms. The zero-order chi connectivity index (χ0) is 27.1. The molecule has 2 atom stereocenters. The summed E-state index contributed by atoms with van der Waals surface area (Å²) in [5.74, 6) is 0.900. The van der Waals surface area contributed by atoms with Crippen molar-refractivity contribution in [3.05, 3.63) is 106 Å². The van der Waals surface area contributed by atoms with Gasteiger partial charge in [0.1, 0.15) is 5.75 Å². The molecular formula is C31H30Cl2N4OS. The van der Waals surface area contributed by atoms with Gasteiger partial charge in [-0.2, -0.15) is 0 Å². The van der Waals surface area contributed by atoms with Crippen LogP contribution in [0.2, 0.25) is 10.0 Å². The fourth-order valence-electron chi connectivity index (χ4n) is 5.95. The van der Waals surface area contributed by atoms with Gasteiger partial charge in [-0.15, -0.1) is 0 Å². The van der Waals surface area contributed by atoms with Gasteiger partial charge in [-0.25, -0.2) is 0 Å². The first-order valence-corrected chi connectivity index (χ1v) is 14.5. The van der Waals surface area contributed by atoms with Crippen LogP contribution < -0.4 is 15.0 Å². The number of anilines is 1. The summed E-state index contributed by atoms with van der Waals surface area (Å²) in [5, 5.41) is 5.44. The van der Waals surface area contributed by atoms with Crippen LogP contribution >= 0.6 is 35.4 Å². The minimum atomic E-state index is -0.136. The average Bonchev–Trinajstić information content (AvgIpc) is 3.63. The number of rotatable bonds is 6. The highest BCUT2D eigenvalue weighted by Gasteiger charge is 2.42. The molecule has 4 aromatic rings. The van der Waals surface area contributed by atoms with Gasteiger partial charge in [0.05, 0.1) is 34.6 Å². The molecule has 2 fully saturated rings. The first-order valence-electron chi connectivity index (χ1n) is 13.3. The van der Waals surface area contributed by atoms with E-state index in [4.69, 9.17) is 45.1 Å². The first-order chi connectivity index (χ1) is 18.9. The lowest BCUT2D eigenvalue weighted by Gasteiger charge is -2.28. The molecule has 0 bridgehead atoms. The maximum Gasteiger partial charge on any atom is 0.174 e. The third-order valence-electron chi connectivity index (χ3n) is 7.76. The monoisotopic (exact) mass is 576 g/mol. The van der Waals surface area contributed by atoms with E-state index in [1.807, 2.05) is 36.5 Å². The van der Waals surface area contributed by atoms with Gasteiger partial charge in [0, 0.05) is 28.3 Å². The summed E-state index contributed by atoms with van der Waals surface area (Å²) in [7, 11) is 0. The lowest BCUT2D eigenvalue weighted by molar-refractivity contribution is 0.210. The molecule has 1 aliphatic carbocycles. The highest BCUT2D eigenvalue weighted by atomic mass is 35.5. The zero-order valence-electron chi connectivity index (χ0n) is 21.9.